The van der Waals surface area contributed by atoms with E-state index in [2.05, 4.69) is 25.9 Å². The number of aliphatic hydroxyl groups is 1. The first kappa shape index (κ1) is 27.6. The summed E-state index contributed by atoms with van der Waals surface area (Å²) in [4.78, 5) is 43.5. The lowest BCUT2D eigenvalue weighted by Crippen LogP contribution is -2.34. The first-order valence-electron chi connectivity index (χ1n) is 10.7. The molecule has 0 aliphatic rings. The van der Waals surface area contributed by atoms with E-state index in [1.807, 2.05) is 0 Å². The number of hydrogen-bond donors (Lipinski definition) is 5. The quantitative estimate of drug-likeness (QED) is 0.249. The Morgan fingerprint density at radius 3 is 2.19 bits per heavy atom. The molecular weight excluding hydrogens is 522 g/mol. The maximum Gasteiger partial charge on any atom is 0.276 e. The third-order valence-electron chi connectivity index (χ3n) is 4.99. The van der Waals surface area contributed by atoms with E-state index >= 15 is 0 Å². The number of nitrogens with zero attached hydrogens (tertiary/aromatic N) is 1. The first-order chi connectivity index (χ1) is 17.6. The van der Waals surface area contributed by atoms with Gasteiger partial charge in [0.25, 0.3) is 24.1 Å². The number of aromatic amines is 1. The molecule has 0 aliphatic carbocycles. The second-order valence-electron chi connectivity index (χ2n) is 7.63. The summed E-state index contributed by atoms with van der Waals surface area (Å²) in [5.74, 6) is -2.74. The van der Waals surface area contributed by atoms with Crippen molar-refractivity contribution >= 4 is 40.7 Å². The summed E-state index contributed by atoms with van der Waals surface area (Å²) in [5.41, 5.74) is 0.196. The molecule has 0 fully saturated rings. The highest BCUT2D eigenvalue weighted by Crippen LogP contribution is 2.20. The van der Waals surface area contributed by atoms with Gasteiger partial charge < -0.3 is 26.0 Å². The highest BCUT2D eigenvalue weighted by molar-refractivity contribution is 6.34. The largest absolute Gasteiger partial charge is 0.390 e. The van der Waals surface area contributed by atoms with E-state index in [0.717, 1.165) is 18.5 Å². The number of alkyl halides is 3. The number of anilines is 2. The number of benzene rings is 2. The van der Waals surface area contributed by atoms with E-state index in [1.54, 1.807) is 0 Å². The van der Waals surface area contributed by atoms with Crippen LogP contribution in [0.15, 0.2) is 48.8 Å². The molecule has 0 bridgehead atoms. The molecule has 0 saturated heterocycles. The van der Waals surface area contributed by atoms with Crippen LogP contribution in [0.4, 0.5) is 28.9 Å². The van der Waals surface area contributed by atoms with Crippen LogP contribution in [0, 0.1) is 5.82 Å². The fourth-order valence-corrected chi connectivity index (χ4v) is 3.34. The van der Waals surface area contributed by atoms with Crippen molar-refractivity contribution in [3.05, 3.63) is 76.6 Å². The van der Waals surface area contributed by atoms with Gasteiger partial charge in [0.05, 0.1) is 23.0 Å². The monoisotopic (exact) mass is 541 g/mol. The van der Waals surface area contributed by atoms with Crippen molar-refractivity contribution in [3.8, 4) is 0 Å². The average molecular weight is 542 g/mol. The van der Waals surface area contributed by atoms with Gasteiger partial charge in [-0.1, -0.05) is 11.6 Å². The molecule has 9 nitrogen and oxygen atoms in total. The fourth-order valence-electron chi connectivity index (χ4n) is 3.09. The Bertz CT molecular complexity index is 1270. The lowest BCUT2D eigenvalue weighted by molar-refractivity contribution is -0.0311. The van der Waals surface area contributed by atoms with Crippen LogP contribution >= 0.6 is 11.6 Å². The van der Waals surface area contributed by atoms with Crippen molar-refractivity contribution < 1.29 is 37.1 Å². The number of hydrogen-bond acceptors (Lipinski definition) is 5. The molecule has 3 amide bonds. The molecule has 2 atom stereocenters. The lowest BCUT2D eigenvalue weighted by atomic mass is 10.1. The van der Waals surface area contributed by atoms with Gasteiger partial charge in [-0.2, -0.15) is 0 Å². The van der Waals surface area contributed by atoms with Gasteiger partial charge in [-0.05, 0) is 48.9 Å². The van der Waals surface area contributed by atoms with Gasteiger partial charge in [0.15, 0.2) is 11.9 Å². The van der Waals surface area contributed by atoms with Crippen molar-refractivity contribution in [2.45, 2.75) is 25.1 Å². The molecule has 1 aromatic heterocycles. The molecule has 1 heterocycles. The summed E-state index contributed by atoms with van der Waals surface area (Å²) >= 11 is 5.88. The Hall–Kier alpha value is -3.97. The van der Waals surface area contributed by atoms with Crippen LogP contribution in [0.25, 0.3) is 0 Å². The van der Waals surface area contributed by atoms with Crippen molar-refractivity contribution in [2.24, 2.45) is 0 Å². The molecule has 0 saturated carbocycles. The van der Waals surface area contributed by atoms with Gasteiger partial charge in [-0.25, -0.2) is 22.5 Å². The number of carbonyl (C=O) groups excluding carboxylic acids is 3. The van der Waals surface area contributed by atoms with Crippen LogP contribution in [0.5, 0.6) is 0 Å². The third kappa shape index (κ3) is 7.27. The Balaban J connectivity index is 1.56. The highest BCUT2D eigenvalue weighted by Gasteiger charge is 2.28. The summed E-state index contributed by atoms with van der Waals surface area (Å²) in [7, 11) is 0. The lowest BCUT2D eigenvalue weighted by Gasteiger charge is -2.15. The second kappa shape index (κ2) is 12.3. The molecule has 0 spiro atoms. The van der Waals surface area contributed by atoms with Crippen molar-refractivity contribution in [2.75, 3.05) is 17.2 Å². The maximum absolute atomic E-state index is 13.2. The molecule has 37 heavy (non-hydrogen) atoms. The minimum Gasteiger partial charge on any atom is -0.390 e. The molecule has 0 aliphatic heterocycles. The Morgan fingerprint density at radius 2 is 1.59 bits per heavy atom. The van der Waals surface area contributed by atoms with E-state index in [0.29, 0.717) is 11.4 Å². The Kier molecular flexibility index (Phi) is 9.20. The number of halogens is 5. The van der Waals surface area contributed by atoms with Gasteiger partial charge >= 0.3 is 0 Å². The molecule has 3 rings (SSSR count). The zero-order valence-corrected chi connectivity index (χ0v) is 19.5. The number of carbonyl (C=O) groups is 3. The van der Waals surface area contributed by atoms with Gasteiger partial charge in [-0.15, -0.1) is 0 Å². The minimum atomic E-state index is -3.35. The molecule has 2 unspecified atom stereocenters. The normalized spacial score (nSPS) is 12.6. The van der Waals surface area contributed by atoms with E-state index in [4.69, 9.17) is 11.6 Å². The van der Waals surface area contributed by atoms with Crippen LogP contribution in [0.1, 0.15) is 37.8 Å². The van der Waals surface area contributed by atoms with Crippen LogP contribution in [0.2, 0.25) is 5.02 Å². The first-order valence-corrected chi connectivity index (χ1v) is 11.0. The van der Waals surface area contributed by atoms with Gasteiger partial charge in [0, 0.05) is 17.9 Å². The van der Waals surface area contributed by atoms with Gasteiger partial charge in [0.1, 0.15) is 11.5 Å². The van der Waals surface area contributed by atoms with Crippen LogP contribution in [-0.4, -0.2) is 58.0 Å². The topological polar surface area (TPSA) is 136 Å². The summed E-state index contributed by atoms with van der Waals surface area (Å²) in [6, 6.07) is 9.22. The highest BCUT2D eigenvalue weighted by atomic mass is 35.5. The van der Waals surface area contributed by atoms with Crippen LogP contribution < -0.4 is 16.0 Å². The Morgan fingerprint density at radius 1 is 0.973 bits per heavy atom. The Labute approximate surface area is 212 Å². The standard InChI is InChI=1S/C23H20ClF4N5O4/c24-15-9-11(25)1-6-14(15)21(35)32-12-2-4-13(5-3-12)33-23(37)19-18(30-10-31-19)22(36)29-8-7-16(34)17(26)20(27)28/h1-6,9-10,16-17,20,34H,7-8H2,(H,29,36)(H,30,31)(H,32,35)(H,33,37). The van der Waals surface area contributed by atoms with Gasteiger partial charge in [0.2, 0.25) is 0 Å². The SMILES string of the molecule is O=C(Nc1ccc(NC(=O)c2nc[nH]c2C(=O)NCCC(O)C(F)C(F)F)cc1)c1ccc(F)cc1Cl. The molecule has 0 radical (unpaired) electrons. The van der Waals surface area contributed by atoms with E-state index in [-0.39, 0.29) is 28.5 Å². The number of imidazole rings is 1. The summed E-state index contributed by atoms with van der Waals surface area (Å²) in [6.45, 7) is -0.330. The summed E-state index contributed by atoms with van der Waals surface area (Å²) < 4.78 is 50.8. The molecule has 14 heteroatoms. The third-order valence-corrected chi connectivity index (χ3v) is 5.30. The van der Waals surface area contributed by atoms with E-state index in [1.165, 1.54) is 30.3 Å². The van der Waals surface area contributed by atoms with Gasteiger partial charge in [-0.3, -0.25) is 14.4 Å². The molecule has 2 aromatic carbocycles. The summed E-state index contributed by atoms with van der Waals surface area (Å²) in [5, 5.41) is 16.7. The van der Waals surface area contributed by atoms with E-state index < -0.39 is 48.7 Å². The van der Waals surface area contributed by atoms with Crippen LogP contribution in [-0.2, 0) is 0 Å². The van der Waals surface area contributed by atoms with Crippen molar-refractivity contribution in [3.63, 3.8) is 0 Å². The summed E-state index contributed by atoms with van der Waals surface area (Å²) in [6.07, 6.45) is -7.45. The van der Waals surface area contributed by atoms with Crippen LogP contribution in [0.3, 0.4) is 0 Å². The van der Waals surface area contributed by atoms with E-state index in [9.17, 15) is 37.1 Å². The fraction of sp³-hybridized carbons (Fsp3) is 0.217. The predicted molar refractivity (Wildman–Crippen MR) is 126 cm³/mol. The maximum atomic E-state index is 13.2. The number of nitrogens with one attached hydrogen (secondary N) is 4. The second-order valence-corrected chi connectivity index (χ2v) is 8.03. The van der Waals surface area contributed by atoms with Crippen molar-refractivity contribution in [1.29, 1.82) is 0 Å². The average Bonchev–Trinajstić information content (AvgIpc) is 3.35. The zero-order valence-electron chi connectivity index (χ0n) is 18.8. The number of rotatable bonds is 10. The van der Waals surface area contributed by atoms with Crippen molar-refractivity contribution in [1.82, 2.24) is 15.3 Å². The zero-order chi connectivity index (χ0) is 27.1. The minimum absolute atomic E-state index is 0.0591. The number of amides is 3. The molecule has 196 valence electrons. The number of aromatic nitrogens is 2. The smallest absolute Gasteiger partial charge is 0.276 e. The number of H-pyrrole nitrogens is 1. The predicted octanol–water partition coefficient (Wildman–Crippen LogP) is 3.79. The number of aliphatic hydroxyl groups excluding tert-OH is 1. The molecule has 3 aromatic rings. The molecular formula is C23H20ClF4N5O4. The molecule has 5 N–H and O–H groups in total.